The Bertz CT molecular complexity index is 590. The van der Waals surface area contributed by atoms with E-state index in [9.17, 15) is 0 Å². The molecule has 0 fully saturated rings. The highest BCUT2D eigenvalue weighted by Crippen LogP contribution is 2.41. The topological polar surface area (TPSA) is 0 Å². The van der Waals surface area contributed by atoms with Crippen LogP contribution in [0.4, 0.5) is 0 Å². The number of hydrogen-bond donors (Lipinski definition) is 0. The summed E-state index contributed by atoms with van der Waals surface area (Å²) in [6.07, 6.45) is 3.69. The predicted molar refractivity (Wildman–Crippen MR) is 82.2 cm³/mol. The van der Waals surface area contributed by atoms with Crippen LogP contribution in [0.15, 0.2) is 60.7 Å². The largest absolute Gasteiger partial charge is 0.0685 e. The summed E-state index contributed by atoms with van der Waals surface area (Å²) in [6.45, 7) is 4.61. The fourth-order valence-corrected chi connectivity index (χ4v) is 3.02. The second-order valence-corrected chi connectivity index (χ2v) is 5.77. The van der Waals surface area contributed by atoms with E-state index in [1.807, 2.05) is 0 Å². The fraction of sp³-hybridized carbons (Fsp3) is 0.263. The average molecular weight is 248 g/mol. The highest BCUT2D eigenvalue weighted by atomic mass is 14.3. The van der Waals surface area contributed by atoms with Crippen LogP contribution in [0.5, 0.6) is 0 Å². The Hall–Kier alpha value is -1.82. The minimum atomic E-state index is 0.575. The van der Waals surface area contributed by atoms with Crippen molar-refractivity contribution in [1.82, 2.24) is 0 Å². The quantitative estimate of drug-likeness (QED) is 0.695. The molecule has 19 heavy (non-hydrogen) atoms. The molecule has 3 rings (SSSR count). The van der Waals surface area contributed by atoms with Crippen LogP contribution in [0.2, 0.25) is 0 Å². The van der Waals surface area contributed by atoms with E-state index in [1.165, 1.54) is 28.7 Å². The first-order valence-electron chi connectivity index (χ1n) is 7.12. The van der Waals surface area contributed by atoms with Crippen LogP contribution in [0.3, 0.4) is 0 Å². The van der Waals surface area contributed by atoms with Crippen molar-refractivity contribution in [2.75, 3.05) is 0 Å². The van der Waals surface area contributed by atoms with Crippen LogP contribution in [0.25, 0.3) is 5.57 Å². The van der Waals surface area contributed by atoms with Gasteiger partial charge >= 0.3 is 0 Å². The third kappa shape index (κ3) is 2.35. The molecule has 0 radical (unpaired) electrons. The normalized spacial score (nSPS) is 17.4. The molecular weight excluding hydrogens is 228 g/mol. The zero-order chi connectivity index (χ0) is 13.2. The smallest absolute Gasteiger partial charge is 0.00359 e. The van der Waals surface area contributed by atoms with E-state index in [0.717, 1.165) is 5.92 Å². The standard InChI is InChI=1S/C19H20/c1-14(2)12-16-13-19(15-8-4-3-5-9-15)18-11-7-6-10-17(16)18/h3-11,13-14,16H,12H2,1-2H3. The Morgan fingerprint density at radius 2 is 1.58 bits per heavy atom. The summed E-state index contributed by atoms with van der Waals surface area (Å²) in [6, 6.07) is 19.6. The van der Waals surface area contributed by atoms with Crippen molar-refractivity contribution < 1.29 is 0 Å². The molecule has 1 aliphatic rings. The summed E-state index contributed by atoms with van der Waals surface area (Å²) in [5, 5.41) is 0. The lowest BCUT2D eigenvalue weighted by Crippen LogP contribution is -1.98. The van der Waals surface area contributed by atoms with Gasteiger partial charge in [-0.25, -0.2) is 0 Å². The summed E-state index contributed by atoms with van der Waals surface area (Å²) in [5.41, 5.74) is 5.65. The Labute approximate surface area is 115 Å². The molecule has 1 atom stereocenters. The van der Waals surface area contributed by atoms with Crippen molar-refractivity contribution in [2.45, 2.75) is 26.2 Å². The lowest BCUT2D eigenvalue weighted by Gasteiger charge is -2.12. The molecule has 0 saturated heterocycles. The van der Waals surface area contributed by atoms with E-state index >= 15 is 0 Å². The first-order valence-corrected chi connectivity index (χ1v) is 7.12. The third-order valence-corrected chi connectivity index (χ3v) is 3.83. The SMILES string of the molecule is CC(C)CC1C=C(c2ccccc2)c2ccccc21. The molecule has 0 saturated carbocycles. The number of fused-ring (bicyclic) bond motifs is 1. The van der Waals surface area contributed by atoms with E-state index < -0.39 is 0 Å². The monoisotopic (exact) mass is 248 g/mol. The number of benzene rings is 2. The van der Waals surface area contributed by atoms with Crippen LogP contribution >= 0.6 is 0 Å². The third-order valence-electron chi connectivity index (χ3n) is 3.83. The first kappa shape index (κ1) is 12.2. The molecule has 96 valence electrons. The molecule has 2 aromatic rings. The Morgan fingerprint density at radius 3 is 2.32 bits per heavy atom. The van der Waals surface area contributed by atoms with Crippen molar-refractivity contribution >= 4 is 5.57 Å². The zero-order valence-electron chi connectivity index (χ0n) is 11.6. The Morgan fingerprint density at radius 1 is 0.895 bits per heavy atom. The van der Waals surface area contributed by atoms with Gasteiger partial charge in [0.15, 0.2) is 0 Å². The number of hydrogen-bond acceptors (Lipinski definition) is 0. The molecule has 0 bridgehead atoms. The molecule has 0 aliphatic heterocycles. The lowest BCUT2D eigenvalue weighted by atomic mass is 9.92. The molecule has 1 aliphatic carbocycles. The minimum Gasteiger partial charge on any atom is -0.0685 e. The van der Waals surface area contributed by atoms with Gasteiger partial charge in [0, 0.05) is 5.92 Å². The van der Waals surface area contributed by atoms with E-state index in [0.29, 0.717) is 5.92 Å². The highest BCUT2D eigenvalue weighted by molar-refractivity contribution is 5.85. The summed E-state index contributed by atoms with van der Waals surface area (Å²) in [7, 11) is 0. The van der Waals surface area contributed by atoms with Crippen molar-refractivity contribution in [3.8, 4) is 0 Å². The maximum atomic E-state index is 2.46. The van der Waals surface area contributed by atoms with Crippen LogP contribution in [-0.4, -0.2) is 0 Å². The van der Waals surface area contributed by atoms with Gasteiger partial charge in [-0.3, -0.25) is 0 Å². The molecule has 0 N–H and O–H groups in total. The molecule has 0 nitrogen and oxygen atoms in total. The molecule has 1 unspecified atom stereocenters. The van der Waals surface area contributed by atoms with Crippen LogP contribution in [0.1, 0.15) is 42.9 Å². The maximum Gasteiger partial charge on any atom is 0.00359 e. The summed E-state index contributed by atoms with van der Waals surface area (Å²) in [4.78, 5) is 0. The predicted octanol–water partition coefficient (Wildman–Crippen LogP) is 5.26. The number of allylic oxidation sites excluding steroid dienone is 1. The van der Waals surface area contributed by atoms with E-state index in [4.69, 9.17) is 0 Å². The highest BCUT2D eigenvalue weighted by Gasteiger charge is 2.23. The van der Waals surface area contributed by atoms with E-state index in [2.05, 4.69) is 74.5 Å². The Kier molecular flexibility index (Phi) is 3.25. The maximum absolute atomic E-state index is 2.46. The van der Waals surface area contributed by atoms with Gasteiger partial charge in [0.25, 0.3) is 0 Å². The van der Waals surface area contributed by atoms with Crippen molar-refractivity contribution in [1.29, 1.82) is 0 Å². The molecule has 0 heteroatoms. The van der Waals surface area contributed by atoms with E-state index in [1.54, 1.807) is 0 Å². The van der Waals surface area contributed by atoms with Gasteiger partial charge < -0.3 is 0 Å². The van der Waals surface area contributed by atoms with Crippen molar-refractivity contribution in [3.05, 3.63) is 77.4 Å². The summed E-state index contributed by atoms with van der Waals surface area (Å²) < 4.78 is 0. The van der Waals surface area contributed by atoms with Gasteiger partial charge in [-0.15, -0.1) is 0 Å². The lowest BCUT2D eigenvalue weighted by molar-refractivity contribution is 0.553. The Balaban J connectivity index is 2.05. The molecule has 0 heterocycles. The molecule has 2 aromatic carbocycles. The van der Waals surface area contributed by atoms with Crippen LogP contribution in [-0.2, 0) is 0 Å². The van der Waals surface area contributed by atoms with Gasteiger partial charge in [-0.05, 0) is 34.6 Å². The van der Waals surface area contributed by atoms with Gasteiger partial charge in [-0.1, -0.05) is 74.5 Å². The van der Waals surface area contributed by atoms with Gasteiger partial charge in [-0.2, -0.15) is 0 Å². The van der Waals surface area contributed by atoms with Crippen LogP contribution in [0, 0.1) is 5.92 Å². The minimum absolute atomic E-state index is 0.575. The summed E-state index contributed by atoms with van der Waals surface area (Å²) >= 11 is 0. The second kappa shape index (κ2) is 5.05. The van der Waals surface area contributed by atoms with Crippen molar-refractivity contribution in [2.24, 2.45) is 5.92 Å². The molecule has 0 spiro atoms. The van der Waals surface area contributed by atoms with Crippen LogP contribution < -0.4 is 0 Å². The average Bonchev–Trinajstić information content (AvgIpc) is 2.78. The van der Waals surface area contributed by atoms with Gasteiger partial charge in [0.2, 0.25) is 0 Å². The number of rotatable bonds is 3. The van der Waals surface area contributed by atoms with Gasteiger partial charge in [0.05, 0.1) is 0 Å². The molecular formula is C19H20. The molecule has 0 aromatic heterocycles. The fourth-order valence-electron chi connectivity index (χ4n) is 3.02. The zero-order valence-corrected chi connectivity index (χ0v) is 11.6. The van der Waals surface area contributed by atoms with Crippen molar-refractivity contribution in [3.63, 3.8) is 0 Å². The first-order chi connectivity index (χ1) is 9.25. The van der Waals surface area contributed by atoms with Gasteiger partial charge in [0.1, 0.15) is 0 Å². The summed E-state index contributed by atoms with van der Waals surface area (Å²) in [5.74, 6) is 1.30. The second-order valence-electron chi connectivity index (χ2n) is 5.77. The van der Waals surface area contributed by atoms with E-state index in [-0.39, 0.29) is 0 Å². The molecule has 0 amide bonds.